The molecule has 2 aliphatic rings. The maximum Gasteiger partial charge on any atom is 0.310 e. The van der Waals surface area contributed by atoms with Gasteiger partial charge in [-0.25, -0.2) is 0 Å². The van der Waals surface area contributed by atoms with Crippen molar-refractivity contribution in [2.75, 3.05) is 0 Å². The summed E-state index contributed by atoms with van der Waals surface area (Å²) in [7, 11) is 0. The van der Waals surface area contributed by atoms with E-state index in [0.717, 1.165) is 11.6 Å². The number of hydrogen-bond donors (Lipinski definition) is 0. The van der Waals surface area contributed by atoms with Crippen molar-refractivity contribution in [3.63, 3.8) is 0 Å². The Balaban J connectivity index is 1.49. The Hall–Kier alpha value is -2.49. The Kier molecular flexibility index (Phi) is 4.37. The molecule has 2 nitrogen and oxygen atoms in total. The molecule has 1 unspecified atom stereocenters. The lowest BCUT2D eigenvalue weighted by atomic mass is 9.97. The molecule has 4 rings (SSSR count). The van der Waals surface area contributed by atoms with Crippen molar-refractivity contribution in [3.05, 3.63) is 71.8 Å². The lowest BCUT2D eigenvalue weighted by Gasteiger charge is -2.12. The third-order valence-electron chi connectivity index (χ3n) is 5.99. The van der Waals surface area contributed by atoms with Crippen LogP contribution in [0.2, 0.25) is 0 Å². The van der Waals surface area contributed by atoms with Gasteiger partial charge in [-0.1, -0.05) is 62.4 Å². The summed E-state index contributed by atoms with van der Waals surface area (Å²) >= 11 is 0. The molecule has 4 heteroatoms. The summed E-state index contributed by atoms with van der Waals surface area (Å²) < 4.78 is 31.0. The van der Waals surface area contributed by atoms with Crippen LogP contribution in [-0.2, 0) is 22.4 Å². The molecule has 2 aromatic rings. The molecule has 140 valence electrons. The van der Waals surface area contributed by atoms with Gasteiger partial charge in [-0.2, -0.15) is 8.78 Å². The number of rotatable bonds is 4. The van der Waals surface area contributed by atoms with E-state index in [0.29, 0.717) is 12.8 Å². The van der Waals surface area contributed by atoms with E-state index >= 15 is 0 Å². The lowest BCUT2D eigenvalue weighted by Crippen LogP contribution is -2.21. The Morgan fingerprint density at radius 2 is 1.81 bits per heavy atom. The third kappa shape index (κ3) is 3.29. The SMILES string of the molecule is CC1(C)[C@H](C=C(F)F)[C@H]1C(=O)OC1Cc2cccc(-c3ccccc3)c2C1. The Bertz CT molecular complexity index is 898. The fraction of sp³-hybridized carbons (Fsp3) is 0.348. The van der Waals surface area contributed by atoms with Crippen LogP contribution >= 0.6 is 0 Å². The number of ether oxygens (including phenoxy) is 1. The quantitative estimate of drug-likeness (QED) is 0.674. The average molecular weight is 368 g/mol. The van der Waals surface area contributed by atoms with Crippen molar-refractivity contribution in [2.45, 2.75) is 32.8 Å². The van der Waals surface area contributed by atoms with Crippen LogP contribution in [0.25, 0.3) is 11.1 Å². The molecule has 0 saturated heterocycles. The first kappa shape index (κ1) is 17.9. The predicted octanol–water partition coefficient (Wildman–Crippen LogP) is 5.42. The minimum Gasteiger partial charge on any atom is -0.461 e. The second-order valence-corrected chi connectivity index (χ2v) is 8.06. The first-order valence-corrected chi connectivity index (χ1v) is 9.27. The topological polar surface area (TPSA) is 26.3 Å². The first-order chi connectivity index (χ1) is 12.9. The van der Waals surface area contributed by atoms with Crippen molar-refractivity contribution in [2.24, 2.45) is 17.3 Å². The van der Waals surface area contributed by atoms with E-state index in [1.54, 1.807) is 0 Å². The minimum absolute atomic E-state index is 0.228. The summed E-state index contributed by atoms with van der Waals surface area (Å²) in [6, 6.07) is 16.3. The molecule has 0 aromatic heterocycles. The van der Waals surface area contributed by atoms with Gasteiger partial charge in [0.25, 0.3) is 6.08 Å². The fourth-order valence-electron chi connectivity index (χ4n) is 4.40. The minimum atomic E-state index is -1.73. The second-order valence-electron chi connectivity index (χ2n) is 8.06. The number of hydrogen-bond acceptors (Lipinski definition) is 2. The highest BCUT2D eigenvalue weighted by Gasteiger charge is 2.62. The van der Waals surface area contributed by atoms with E-state index in [1.807, 2.05) is 38.1 Å². The monoisotopic (exact) mass is 368 g/mol. The smallest absolute Gasteiger partial charge is 0.310 e. The number of halogens is 2. The van der Waals surface area contributed by atoms with Crippen molar-refractivity contribution in [3.8, 4) is 11.1 Å². The molecule has 0 amide bonds. The summed E-state index contributed by atoms with van der Waals surface area (Å²) in [6.07, 6.45) is 0.269. The average Bonchev–Trinajstić information content (AvgIpc) is 2.97. The van der Waals surface area contributed by atoms with Gasteiger partial charge >= 0.3 is 5.97 Å². The van der Waals surface area contributed by atoms with E-state index in [1.165, 1.54) is 16.7 Å². The van der Waals surface area contributed by atoms with Crippen LogP contribution in [0.15, 0.2) is 60.7 Å². The largest absolute Gasteiger partial charge is 0.461 e. The molecule has 0 spiro atoms. The summed E-state index contributed by atoms with van der Waals surface area (Å²) in [4.78, 5) is 12.6. The van der Waals surface area contributed by atoms with Gasteiger partial charge in [0, 0.05) is 18.8 Å². The van der Waals surface area contributed by atoms with E-state index in [-0.39, 0.29) is 12.1 Å². The third-order valence-corrected chi connectivity index (χ3v) is 5.99. The van der Waals surface area contributed by atoms with Crippen LogP contribution in [0.1, 0.15) is 25.0 Å². The number of esters is 1. The van der Waals surface area contributed by atoms with Gasteiger partial charge in [-0.05, 0) is 33.7 Å². The van der Waals surface area contributed by atoms with Gasteiger partial charge in [0.15, 0.2) is 0 Å². The summed E-state index contributed by atoms with van der Waals surface area (Å²) in [5.41, 5.74) is 4.24. The summed E-state index contributed by atoms with van der Waals surface area (Å²) in [5.74, 6) is -1.29. The van der Waals surface area contributed by atoms with Gasteiger partial charge in [0.2, 0.25) is 0 Å². The molecule has 0 radical (unpaired) electrons. The zero-order valence-electron chi connectivity index (χ0n) is 15.4. The first-order valence-electron chi connectivity index (χ1n) is 9.27. The Morgan fingerprint density at radius 1 is 1.07 bits per heavy atom. The van der Waals surface area contributed by atoms with Gasteiger partial charge in [0.1, 0.15) is 6.10 Å². The zero-order valence-corrected chi connectivity index (χ0v) is 15.4. The molecule has 2 aliphatic carbocycles. The fourth-order valence-corrected chi connectivity index (χ4v) is 4.40. The van der Waals surface area contributed by atoms with E-state index in [2.05, 4.69) is 24.3 Å². The molecule has 0 heterocycles. The molecule has 0 N–H and O–H groups in total. The lowest BCUT2D eigenvalue weighted by molar-refractivity contribution is -0.151. The van der Waals surface area contributed by atoms with Crippen LogP contribution in [0.4, 0.5) is 8.78 Å². The molecule has 1 saturated carbocycles. The van der Waals surface area contributed by atoms with E-state index < -0.39 is 23.3 Å². The van der Waals surface area contributed by atoms with Crippen LogP contribution in [0.3, 0.4) is 0 Å². The second kappa shape index (κ2) is 6.59. The van der Waals surface area contributed by atoms with Crippen LogP contribution < -0.4 is 0 Å². The highest BCUT2D eigenvalue weighted by molar-refractivity contribution is 5.79. The predicted molar refractivity (Wildman–Crippen MR) is 100 cm³/mol. The molecule has 2 aromatic carbocycles. The van der Waals surface area contributed by atoms with Crippen molar-refractivity contribution in [1.29, 1.82) is 0 Å². The van der Waals surface area contributed by atoms with E-state index in [9.17, 15) is 13.6 Å². The molecule has 3 atom stereocenters. The van der Waals surface area contributed by atoms with Crippen LogP contribution in [0, 0.1) is 17.3 Å². The van der Waals surface area contributed by atoms with Crippen molar-refractivity contribution in [1.82, 2.24) is 0 Å². The van der Waals surface area contributed by atoms with Crippen molar-refractivity contribution < 1.29 is 18.3 Å². The van der Waals surface area contributed by atoms with Crippen LogP contribution in [0.5, 0.6) is 0 Å². The van der Waals surface area contributed by atoms with Crippen molar-refractivity contribution >= 4 is 5.97 Å². The van der Waals surface area contributed by atoms with Gasteiger partial charge in [-0.3, -0.25) is 4.79 Å². The molecule has 0 aliphatic heterocycles. The number of carbonyl (C=O) groups excluding carboxylic acids is 1. The maximum atomic E-state index is 12.6. The molecule has 1 fully saturated rings. The summed E-state index contributed by atoms with van der Waals surface area (Å²) in [6.45, 7) is 3.67. The molecular weight excluding hydrogens is 346 g/mol. The number of carbonyl (C=O) groups is 1. The maximum absolute atomic E-state index is 12.6. The van der Waals surface area contributed by atoms with Gasteiger partial charge in [-0.15, -0.1) is 0 Å². The normalized spacial score (nSPS) is 24.8. The number of allylic oxidation sites excluding steroid dienone is 1. The van der Waals surface area contributed by atoms with E-state index in [4.69, 9.17) is 4.74 Å². The van der Waals surface area contributed by atoms with Gasteiger partial charge < -0.3 is 4.74 Å². The molecule has 27 heavy (non-hydrogen) atoms. The highest BCUT2D eigenvalue weighted by Crippen LogP contribution is 2.60. The Labute approximate surface area is 157 Å². The number of benzene rings is 2. The van der Waals surface area contributed by atoms with Gasteiger partial charge in [0.05, 0.1) is 5.92 Å². The standard InChI is InChI=1S/C23H22F2O2/c1-23(2)19(13-20(24)25)21(23)22(26)27-16-11-15-9-6-10-17(18(15)12-16)14-7-4-3-5-8-14/h3-10,13,16,19,21H,11-12H2,1-2H3/t16?,19-,21+/m1/s1. The summed E-state index contributed by atoms with van der Waals surface area (Å²) in [5, 5.41) is 0. The van der Waals surface area contributed by atoms with Crippen LogP contribution in [-0.4, -0.2) is 12.1 Å². The zero-order chi connectivity index (χ0) is 19.2. The molecular formula is C23H22F2O2. The highest BCUT2D eigenvalue weighted by atomic mass is 19.3. The molecule has 0 bridgehead atoms. The number of fused-ring (bicyclic) bond motifs is 1. The Morgan fingerprint density at radius 3 is 2.52 bits per heavy atom.